The monoisotopic (exact) mass is 232 g/mol. The third-order valence-electron chi connectivity index (χ3n) is 3.74. The molecule has 17 heavy (non-hydrogen) atoms. The highest BCUT2D eigenvalue weighted by atomic mass is 15.2. The van der Waals surface area contributed by atoms with E-state index in [2.05, 4.69) is 35.2 Å². The first-order chi connectivity index (χ1) is 8.42. The van der Waals surface area contributed by atoms with Gasteiger partial charge in [-0.15, -0.1) is 0 Å². The van der Waals surface area contributed by atoms with Gasteiger partial charge in [-0.2, -0.15) is 0 Å². The molecule has 2 nitrogen and oxygen atoms in total. The van der Waals surface area contributed by atoms with Crippen LogP contribution in [0, 0.1) is 0 Å². The van der Waals surface area contributed by atoms with Crippen molar-refractivity contribution in [1.29, 1.82) is 0 Å². The van der Waals surface area contributed by atoms with Gasteiger partial charge >= 0.3 is 0 Å². The van der Waals surface area contributed by atoms with Gasteiger partial charge in [-0.05, 0) is 31.5 Å². The van der Waals surface area contributed by atoms with E-state index in [-0.39, 0.29) is 0 Å². The summed E-state index contributed by atoms with van der Waals surface area (Å²) in [4.78, 5) is 2.58. The molecule has 1 aliphatic rings. The molecule has 0 spiro atoms. The number of hydrogen-bond donors (Lipinski definition) is 1. The summed E-state index contributed by atoms with van der Waals surface area (Å²) in [6.45, 7) is 3.14. The Morgan fingerprint density at radius 1 is 0.941 bits per heavy atom. The van der Waals surface area contributed by atoms with Gasteiger partial charge in [0.2, 0.25) is 0 Å². The fraction of sp³-hybridized carbons (Fsp3) is 0.600. The van der Waals surface area contributed by atoms with E-state index in [9.17, 15) is 0 Å². The largest absolute Gasteiger partial charge is 0.329 e. The Balaban J connectivity index is 2.05. The molecule has 1 aromatic carbocycles. The number of likely N-dealkylation sites (tertiary alicyclic amines) is 1. The second-order valence-electron chi connectivity index (χ2n) is 4.97. The number of hydrogen-bond acceptors (Lipinski definition) is 2. The molecule has 94 valence electrons. The first-order valence-electron chi connectivity index (χ1n) is 6.91. The third-order valence-corrected chi connectivity index (χ3v) is 3.74. The van der Waals surface area contributed by atoms with Crippen LogP contribution in [0.15, 0.2) is 30.3 Å². The van der Waals surface area contributed by atoms with E-state index < -0.39 is 0 Å². The van der Waals surface area contributed by atoms with Crippen molar-refractivity contribution in [2.45, 2.75) is 38.1 Å². The lowest BCUT2D eigenvalue weighted by Crippen LogP contribution is -2.36. The maximum atomic E-state index is 5.98. The molecule has 0 radical (unpaired) electrons. The van der Waals surface area contributed by atoms with Gasteiger partial charge in [0.05, 0.1) is 0 Å². The highest BCUT2D eigenvalue weighted by Crippen LogP contribution is 2.22. The molecule has 1 fully saturated rings. The standard InChI is InChI=1S/C15H24N2/c16-13-15(14-9-5-4-6-10-14)17-11-7-2-1-3-8-12-17/h4-6,9-10,15H,1-3,7-8,11-13,16H2. The van der Waals surface area contributed by atoms with Crippen LogP contribution in [0.3, 0.4) is 0 Å². The molecule has 0 amide bonds. The van der Waals surface area contributed by atoms with E-state index >= 15 is 0 Å². The van der Waals surface area contributed by atoms with Gasteiger partial charge in [0.15, 0.2) is 0 Å². The molecule has 1 atom stereocenters. The molecule has 1 aliphatic heterocycles. The number of nitrogens with zero attached hydrogens (tertiary/aromatic N) is 1. The van der Waals surface area contributed by atoms with Crippen molar-refractivity contribution in [1.82, 2.24) is 4.90 Å². The van der Waals surface area contributed by atoms with Crippen LogP contribution in [0.25, 0.3) is 0 Å². The Bertz CT molecular complexity index is 302. The maximum Gasteiger partial charge on any atom is 0.0470 e. The van der Waals surface area contributed by atoms with Crippen LogP contribution >= 0.6 is 0 Å². The smallest absolute Gasteiger partial charge is 0.0470 e. The van der Waals surface area contributed by atoms with Crippen molar-refractivity contribution >= 4 is 0 Å². The van der Waals surface area contributed by atoms with Crippen molar-refractivity contribution in [2.75, 3.05) is 19.6 Å². The molecular formula is C15H24N2. The summed E-state index contributed by atoms with van der Waals surface area (Å²) in [5.74, 6) is 0. The van der Waals surface area contributed by atoms with Crippen molar-refractivity contribution in [3.05, 3.63) is 35.9 Å². The van der Waals surface area contributed by atoms with Crippen molar-refractivity contribution in [3.63, 3.8) is 0 Å². The fourth-order valence-electron chi connectivity index (χ4n) is 2.75. The Kier molecular flexibility index (Phi) is 5.02. The van der Waals surface area contributed by atoms with E-state index in [4.69, 9.17) is 5.73 Å². The summed E-state index contributed by atoms with van der Waals surface area (Å²) in [5.41, 5.74) is 7.35. The molecule has 1 heterocycles. The first-order valence-corrected chi connectivity index (χ1v) is 6.91. The fourth-order valence-corrected chi connectivity index (χ4v) is 2.75. The molecule has 2 heteroatoms. The van der Waals surface area contributed by atoms with Crippen molar-refractivity contribution < 1.29 is 0 Å². The van der Waals surface area contributed by atoms with Crippen LogP contribution in [0.1, 0.15) is 43.7 Å². The lowest BCUT2D eigenvalue weighted by Gasteiger charge is -2.32. The maximum absolute atomic E-state index is 5.98. The van der Waals surface area contributed by atoms with E-state index in [1.165, 1.54) is 50.8 Å². The molecule has 0 aliphatic carbocycles. The highest BCUT2D eigenvalue weighted by molar-refractivity contribution is 5.19. The van der Waals surface area contributed by atoms with Gasteiger partial charge in [-0.1, -0.05) is 49.6 Å². The summed E-state index contributed by atoms with van der Waals surface area (Å²) in [6.07, 6.45) is 6.81. The molecule has 0 saturated carbocycles. The minimum atomic E-state index is 0.411. The van der Waals surface area contributed by atoms with E-state index in [0.717, 1.165) is 6.54 Å². The van der Waals surface area contributed by atoms with Crippen LogP contribution in [-0.4, -0.2) is 24.5 Å². The molecule has 1 saturated heterocycles. The molecule has 0 aromatic heterocycles. The molecule has 2 rings (SSSR count). The molecular weight excluding hydrogens is 208 g/mol. The normalized spacial score (nSPS) is 20.5. The zero-order chi connectivity index (χ0) is 11.9. The Morgan fingerprint density at radius 3 is 2.12 bits per heavy atom. The highest BCUT2D eigenvalue weighted by Gasteiger charge is 2.18. The quantitative estimate of drug-likeness (QED) is 0.868. The van der Waals surface area contributed by atoms with E-state index in [1.807, 2.05) is 0 Å². The Hall–Kier alpha value is -0.860. The summed E-state index contributed by atoms with van der Waals surface area (Å²) in [5, 5.41) is 0. The van der Waals surface area contributed by atoms with Crippen LogP contribution in [-0.2, 0) is 0 Å². The second kappa shape index (κ2) is 6.77. The zero-order valence-electron chi connectivity index (χ0n) is 10.6. The van der Waals surface area contributed by atoms with Gasteiger partial charge in [0.25, 0.3) is 0 Å². The van der Waals surface area contributed by atoms with Crippen molar-refractivity contribution in [2.24, 2.45) is 5.73 Å². The predicted octanol–water partition coefficient (Wildman–Crippen LogP) is 2.95. The van der Waals surface area contributed by atoms with Gasteiger partial charge in [0, 0.05) is 12.6 Å². The first kappa shape index (κ1) is 12.6. The summed E-state index contributed by atoms with van der Waals surface area (Å²) in [6, 6.07) is 11.1. The average molecular weight is 232 g/mol. The average Bonchev–Trinajstić information content (AvgIpc) is 2.34. The number of rotatable bonds is 3. The summed E-state index contributed by atoms with van der Waals surface area (Å²) in [7, 11) is 0. The summed E-state index contributed by atoms with van der Waals surface area (Å²) < 4.78 is 0. The van der Waals surface area contributed by atoms with Crippen LogP contribution < -0.4 is 5.73 Å². The van der Waals surface area contributed by atoms with Crippen LogP contribution in [0.5, 0.6) is 0 Å². The Labute approximate surface area is 105 Å². The number of nitrogens with two attached hydrogens (primary N) is 1. The van der Waals surface area contributed by atoms with E-state index in [0.29, 0.717) is 6.04 Å². The molecule has 2 N–H and O–H groups in total. The topological polar surface area (TPSA) is 29.3 Å². The van der Waals surface area contributed by atoms with Gasteiger partial charge < -0.3 is 5.73 Å². The molecule has 1 aromatic rings. The van der Waals surface area contributed by atoms with Crippen LogP contribution in [0.2, 0.25) is 0 Å². The molecule has 0 bridgehead atoms. The SMILES string of the molecule is NCC(c1ccccc1)N1CCCCCCC1. The van der Waals surface area contributed by atoms with Gasteiger partial charge in [-0.25, -0.2) is 0 Å². The summed E-state index contributed by atoms with van der Waals surface area (Å²) >= 11 is 0. The predicted molar refractivity (Wildman–Crippen MR) is 72.9 cm³/mol. The minimum Gasteiger partial charge on any atom is -0.329 e. The zero-order valence-corrected chi connectivity index (χ0v) is 10.6. The van der Waals surface area contributed by atoms with Crippen molar-refractivity contribution in [3.8, 4) is 0 Å². The minimum absolute atomic E-state index is 0.411. The van der Waals surface area contributed by atoms with Crippen LogP contribution in [0.4, 0.5) is 0 Å². The lowest BCUT2D eigenvalue weighted by molar-refractivity contribution is 0.183. The Morgan fingerprint density at radius 2 is 1.53 bits per heavy atom. The second-order valence-corrected chi connectivity index (χ2v) is 4.97. The van der Waals surface area contributed by atoms with Gasteiger partial charge in [-0.3, -0.25) is 4.90 Å². The molecule has 1 unspecified atom stereocenters. The van der Waals surface area contributed by atoms with E-state index in [1.54, 1.807) is 0 Å². The third kappa shape index (κ3) is 3.55. The lowest BCUT2D eigenvalue weighted by atomic mass is 10.0. The van der Waals surface area contributed by atoms with Gasteiger partial charge in [0.1, 0.15) is 0 Å². The number of benzene rings is 1.